The van der Waals surface area contributed by atoms with E-state index in [1.54, 1.807) is 11.0 Å². The summed E-state index contributed by atoms with van der Waals surface area (Å²) in [6, 6.07) is 7.30. The van der Waals surface area contributed by atoms with Crippen LogP contribution in [0.15, 0.2) is 28.7 Å². The molecule has 6 heteroatoms. The topological polar surface area (TPSA) is 58.6 Å². The van der Waals surface area contributed by atoms with E-state index in [-0.39, 0.29) is 25.0 Å². The molecule has 1 heterocycles. The van der Waals surface area contributed by atoms with Crippen LogP contribution in [0.1, 0.15) is 12.8 Å². The van der Waals surface area contributed by atoms with E-state index in [9.17, 15) is 9.59 Å². The zero-order chi connectivity index (χ0) is 14.4. The molecule has 1 aliphatic heterocycles. The second-order valence-electron chi connectivity index (χ2n) is 4.58. The van der Waals surface area contributed by atoms with Gasteiger partial charge in [0.1, 0.15) is 5.75 Å². The molecule has 0 aromatic heterocycles. The molecule has 0 radical (unpaired) electrons. The third-order valence-electron chi connectivity index (χ3n) is 3.09. The van der Waals surface area contributed by atoms with Crippen LogP contribution in [0.25, 0.3) is 0 Å². The van der Waals surface area contributed by atoms with Crippen LogP contribution in [-0.4, -0.2) is 43.0 Å². The van der Waals surface area contributed by atoms with Crippen LogP contribution in [0.5, 0.6) is 5.75 Å². The Bertz CT molecular complexity index is 487. The fourth-order valence-corrected chi connectivity index (χ4v) is 2.41. The lowest BCUT2D eigenvalue weighted by Crippen LogP contribution is -2.40. The molecule has 1 aromatic rings. The SMILES string of the molecule is O=C(COc1ccccc1Br)NCC(=O)N1CCCC1. The van der Waals surface area contributed by atoms with Gasteiger partial charge < -0.3 is 15.0 Å². The summed E-state index contributed by atoms with van der Waals surface area (Å²) in [5.74, 6) is 0.276. The van der Waals surface area contributed by atoms with Crippen LogP contribution in [-0.2, 0) is 9.59 Å². The molecule has 0 atom stereocenters. The number of para-hydroxylation sites is 1. The van der Waals surface area contributed by atoms with Crippen LogP contribution >= 0.6 is 15.9 Å². The highest BCUT2D eigenvalue weighted by molar-refractivity contribution is 9.10. The van der Waals surface area contributed by atoms with Crippen molar-refractivity contribution in [3.05, 3.63) is 28.7 Å². The van der Waals surface area contributed by atoms with E-state index in [4.69, 9.17) is 4.74 Å². The van der Waals surface area contributed by atoms with Gasteiger partial charge in [0.25, 0.3) is 5.91 Å². The first-order valence-electron chi connectivity index (χ1n) is 6.58. The lowest BCUT2D eigenvalue weighted by molar-refractivity contribution is -0.132. The molecule has 0 aliphatic carbocycles. The summed E-state index contributed by atoms with van der Waals surface area (Å²) >= 11 is 3.34. The van der Waals surface area contributed by atoms with Gasteiger partial charge in [-0.2, -0.15) is 0 Å². The number of carbonyl (C=O) groups is 2. The van der Waals surface area contributed by atoms with Crippen molar-refractivity contribution in [3.8, 4) is 5.75 Å². The second-order valence-corrected chi connectivity index (χ2v) is 5.44. The van der Waals surface area contributed by atoms with Crippen LogP contribution in [0.2, 0.25) is 0 Å². The Labute approximate surface area is 126 Å². The van der Waals surface area contributed by atoms with Crippen molar-refractivity contribution < 1.29 is 14.3 Å². The summed E-state index contributed by atoms with van der Waals surface area (Å²) in [6.07, 6.45) is 2.09. The highest BCUT2D eigenvalue weighted by atomic mass is 79.9. The van der Waals surface area contributed by atoms with Crippen LogP contribution < -0.4 is 10.1 Å². The number of benzene rings is 1. The van der Waals surface area contributed by atoms with Gasteiger partial charge in [0, 0.05) is 13.1 Å². The largest absolute Gasteiger partial charge is 0.483 e. The highest BCUT2D eigenvalue weighted by Crippen LogP contribution is 2.23. The fraction of sp³-hybridized carbons (Fsp3) is 0.429. The number of halogens is 1. The molecule has 108 valence electrons. The van der Waals surface area contributed by atoms with Gasteiger partial charge in [0.2, 0.25) is 5.91 Å². The Morgan fingerprint density at radius 2 is 1.95 bits per heavy atom. The minimum absolute atomic E-state index is 0.0308. The number of nitrogens with zero attached hydrogens (tertiary/aromatic N) is 1. The highest BCUT2D eigenvalue weighted by Gasteiger charge is 2.18. The summed E-state index contributed by atoms with van der Waals surface area (Å²) in [5, 5.41) is 2.58. The standard InChI is InChI=1S/C14H17BrN2O3/c15-11-5-1-2-6-12(11)20-10-13(18)16-9-14(19)17-7-3-4-8-17/h1-2,5-6H,3-4,7-10H2,(H,16,18). The van der Waals surface area contributed by atoms with Gasteiger partial charge in [-0.1, -0.05) is 12.1 Å². The summed E-state index contributed by atoms with van der Waals surface area (Å²) < 4.78 is 6.17. The summed E-state index contributed by atoms with van der Waals surface area (Å²) in [4.78, 5) is 25.1. The summed E-state index contributed by atoms with van der Waals surface area (Å²) in [5.41, 5.74) is 0. The summed E-state index contributed by atoms with van der Waals surface area (Å²) in [6.45, 7) is 1.53. The van der Waals surface area contributed by atoms with Gasteiger partial charge in [0.05, 0.1) is 11.0 Å². The van der Waals surface area contributed by atoms with Gasteiger partial charge in [-0.05, 0) is 40.9 Å². The third-order valence-corrected chi connectivity index (χ3v) is 3.75. The van der Waals surface area contributed by atoms with Gasteiger partial charge >= 0.3 is 0 Å². The number of amides is 2. The quantitative estimate of drug-likeness (QED) is 0.884. The fourth-order valence-electron chi connectivity index (χ4n) is 2.01. The average molecular weight is 341 g/mol. The zero-order valence-electron chi connectivity index (χ0n) is 11.1. The molecular formula is C14H17BrN2O3. The first-order valence-corrected chi connectivity index (χ1v) is 7.38. The van der Waals surface area contributed by atoms with E-state index < -0.39 is 0 Å². The van der Waals surface area contributed by atoms with Crippen molar-refractivity contribution in [1.82, 2.24) is 10.2 Å². The zero-order valence-corrected chi connectivity index (χ0v) is 12.7. The molecule has 1 aliphatic rings. The second kappa shape index (κ2) is 7.28. The smallest absolute Gasteiger partial charge is 0.258 e. The number of carbonyl (C=O) groups excluding carboxylic acids is 2. The minimum atomic E-state index is -0.298. The number of hydrogen-bond donors (Lipinski definition) is 1. The molecule has 1 saturated heterocycles. The van der Waals surface area contributed by atoms with E-state index in [1.807, 2.05) is 18.2 Å². The Morgan fingerprint density at radius 3 is 2.65 bits per heavy atom. The van der Waals surface area contributed by atoms with E-state index in [1.165, 1.54) is 0 Å². The van der Waals surface area contributed by atoms with Crippen molar-refractivity contribution in [2.75, 3.05) is 26.2 Å². The molecular weight excluding hydrogens is 324 g/mol. The molecule has 1 N–H and O–H groups in total. The first kappa shape index (κ1) is 14.8. The first-order chi connectivity index (χ1) is 9.66. The molecule has 0 unspecified atom stereocenters. The van der Waals surface area contributed by atoms with E-state index in [0.29, 0.717) is 5.75 Å². The third kappa shape index (κ3) is 4.23. The average Bonchev–Trinajstić information content (AvgIpc) is 2.98. The van der Waals surface area contributed by atoms with Crippen LogP contribution in [0.4, 0.5) is 0 Å². The normalized spacial score (nSPS) is 14.2. The van der Waals surface area contributed by atoms with Gasteiger partial charge in [-0.15, -0.1) is 0 Å². The van der Waals surface area contributed by atoms with E-state index >= 15 is 0 Å². The van der Waals surface area contributed by atoms with Crippen molar-refractivity contribution in [1.29, 1.82) is 0 Å². The molecule has 2 amide bonds. The molecule has 1 aromatic carbocycles. The minimum Gasteiger partial charge on any atom is -0.483 e. The van der Waals surface area contributed by atoms with Crippen molar-refractivity contribution in [2.45, 2.75) is 12.8 Å². The number of ether oxygens (including phenoxy) is 1. The van der Waals surface area contributed by atoms with Crippen molar-refractivity contribution in [2.24, 2.45) is 0 Å². The molecule has 1 fully saturated rings. The molecule has 2 rings (SSSR count). The predicted octanol–water partition coefficient (Wildman–Crippen LogP) is 1.57. The number of rotatable bonds is 5. The van der Waals surface area contributed by atoms with Crippen LogP contribution in [0, 0.1) is 0 Å². The Hall–Kier alpha value is -1.56. The van der Waals surface area contributed by atoms with Gasteiger partial charge in [-0.25, -0.2) is 0 Å². The van der Waals surface area contributed by atoms with Crippen molar-refractivity contribution >= 4 is 27.7 Å². The van der Waals surface area contributed by atoms with Crippen molar-refractivity contribution in [3.63, 3.8) is 0 Å². The molecule has 0 spiro atoms. The number of nitrogens with one attached hydrogen (secondary N) is 1. The maximum absolute atomic E-state index is 11.7. The van der Waals surface area contributed by atoms with Crippen LogP contribution in [0.3, 0.4) is 0 Å². The molecule has 0 saturated carbocycles. The summed E-state index contributed by atoms with van der Waals surface area (Å²) in [7, 11) is 0. The molecule has 0 bridgehead atoms. The number of likely N-dealkylation sites (tertiary alicyclic amines) is 1. The van der Waals surface area contributed by atoms with E-state index in [2.05, 4.69) is 21.2 Å². The Balaban J connectivity index is 1.70. The number of hydrogen-bond acceptors (Lipinski definition) is 3. The van der Waals surface area contributed by atoms with E-state index in [0.717, 1.165) is 30.4 Å². The maximum Gasteiger partial charge on any atom is 0.258 e. The molecule has 20 heavy (non-hydrogen) atoms. The lowest BCUT2D eigenvalue weighted by Gasteiger charge is -2.15. The molecule has 5 nitrogen and oxygen atoms in total. The monoisotopic (exact) mass is 340 g/mol. The van der Waals surface area contributed by atoms with Gasteiger partial charge in [-0.3, -0.25) is 9.59 Å². The maximum atomic E-state index is 11.7. The van der Waals surface area contributed by atoms with Gasteiger partial charge in [0.15, 0.2) is 6.61 Å². The predicted molar refractivity (Wildman–Crippen MR) is 78.5 cm³/mol. The Morgan fingerprint density at radius 1 is 1.25 bits per heavy atom. The lowest BCUT2D eigenvalue weighted by atomic mass is 10.3. The Kier molecular flexibility index (Phi) is 5.40.